The number of methoxy groups -OCH3 is 1. The Morgan fingerprint density at radius 3 is 2.01 bits per heavy atom. The predicted octanol–water partition coefficient (Wildman–Crippen LogP) is 8.15. The van der Waals surface area contributed by atoms with E-state index in [1.54, 1.807) is 6.92 Å². The normalized spacial score (nSPS) is 21.1. The molecule has 0 spiro atoms. The van der Waals surface area contributed by atoms with Crippen molar-refractivity contribution in [3.63, 3.8) is 0 Å². The number of phenols is 2. The third-order valence-electron chi connectivity index (χ3n) is 13.9. The molecule has 1 saturated heterocycles. The van der Waals surface area contributed by atoms with E-state index in [-0.39, 0.29) is 59.8 Å². The Hall–Kier alpha value is -6.62. The van der Waals surface area contributed by atoms with Crippen molar-refractivity contribution in [2.45, 2.75) is 133 Å². The number of ketones is 3. The van der Waals surface area contributed by atoms with Crippen LogP contribution < -0.4 is 10.1 Å². The summed E-state index contributed by atoms with van der Waals surface area (Å²) in [6.07, 6.45) is 2.13. The average molecular weight is 962 g/mol. The van der Waals surface area contributed by atoms with E-state index in [1.807, 2.05) is 48.5 Å². The summed E-state index contributed by atoms with van der Waals surface area (Å²) in [5.74, 6) is -5.50. The molecule has 0 unspecified atom stereocenters. The molecule has 3 aliphatic carbocycles. The van der Waals surface area contributed by atoms with Crippen LogP contribution in [0.25, 0.3) is 11.1 Å². The van der Waals surface area contributed by atoms with Crippen molar-refractivity contribution in [2.75, 3.05) is 20.3 Å². The van der Waals surface area contributed by atoms with Crippen molar-refractivity contribution >= 4 is 35.4 Å². The van der Waals surface area contributed by atoms with E-state index in [0.717, 1.165) is 60.8 Å². The number of carbonyl (C=O) groups is 6. The predicted molar refractivity (Wildman–Crippen MR) is 252 cm³/mol. The molecular weight excluding hydrogens is 903 g/mol. The van der Waals surface area contributed by atoms with Gasteiger partial charge in [-0.25, -0.2) is 4.79 Å². The lowest BCUT2D eigenvalue weighted by Gasteiger charge is -2.41. The van der Waals surface area contributed by atoms with Gasteiger partial charge in [0.05, 0.1) is 36.0 Å². The largest absolute Gasteiger partial charge is 0.507 e. The molecule has 16 nitrogen and oxygen atoms in total. The Morgan fingerprint density at radius 1 is 0.743 bits per heavy atom. The first-order valence-corrected chi connectivity index (χ1v) is 24.1. The van der Waals surface area contributed by atoms with Crippen LogP contribution in [0.2, 0.25) is 0 Å². The molecule has 0 aromatic heterocycles. The quantitative estimate of drug-likeness (QED) is 0.0281. The molecule has 4 aromatic rings. The molecule has 1 amide bonds. The molecule has 70 heavy (non-hydrogen) atoms. The monoisotopic (exact) mass is 961 g/mol. The number of carbonyl (C=O) groups excluding carboxylic acids is 5. The number of nitrogens with one attached hydrogen (secondary N) is 1. The first-order chi connectivity index (χ1) is 33.7. The van der Waals surface area contributed by atoms with Gasteiger partial charge in [0.1, 0.15) is 29.5 Å². The van der Waals surface area contributed by atoms with Crippen LogP contribution in [0.1, 0.15) is 157 Å². The molecule has 370 valence electrons. The van der Waals surface area contributed by atoms with Crippen molar-refractivity contribution < 1.29 is 72.9 Å². The maximum absolute atomic E-state index is 14.2. The third-order valence-corrected chi connectivity index (χ3v) is 13.9. The Kier molecular flexibility index (Phi) is 15.3. The number of rotatable bonds is 20. The highest BCUT2D eigenvalue weighted by molar-refractivity contribution is 6.31. The van der Waals surface area contributed by atoms with E-state index in [1.165, 1.54) is 25.3 Å². The fourth-order valence-corrected chi connectivity index (χ4v) is 10.5. The van der Waals surface area contributed by atoms with E-state index < -0.39 is 108 Å². The molecule has 0 saturated carbocycles. The molecule has 8 rings (SSSR count). The van der Waals surface area contributed by atoms with Gasteiger partial charge in [-0.1, -0.05) is 99.2 Å². The highest BCUT2D eigenvalue weighted by atomic mass is 16.7. The molecule has 16 heteroatoms. The molecule has 1 heterocycles. The number of hydrogen-bond donors (Lipinski definition) is 5. The Balaban J connectivity index is 0.971. The second kappa shape index (κ2) is 21.6. The first kappa shape index (κ1) is 49.8. The van der Waals surface area contributed by atoms with E-state index in [9.17, 15) is 44.1 Å². The Labute approximate surface area is 405 Å². The van der Waals surface area contributed by atoms with E-state index in [4.69, 9.17) is 28.8 Å². The summed E-state index contributed by atoms with van der Waals surface area (Å²) in [6, 6.07) is 19.8. The lowest BCUT2D eigenvalue weighted by molar-refractivity contribution is -0.227. The summed E-state index contributed by atoms with van der Waals surface area (Å²) >= 11 is 0. The number of Topliss-reactive ketones (excluding diaryl/α,β-unsaturated/α-hetero) is 1. The minimum atomic E-state index is -2.37. The fourth-order valence-electron chi connectivity index (χ4n) is 10.5. The van der Waals surface area contributed by atoms with Crippen LogP contribution in [0.5, 0.6) is 17.2 Å². The summed E-state index contributed by atoms with van der Waals surface area (Å²) in [4.78, 5) is 79.2. The zero-order valence-electron chi connectivity index (χ0n) is 39.3. The molecule has 1 aliphatic heterocycles. The number of alkyl carbamates (subject to hydrolysis) is 1. The maximum atomic E-state index is 14.2. The van der Waals surface area contributed by atoms with Crippen molar-refractivity contribution in [3.05, 3.63) is 111 Å². The van der Waals surface area contributed by atoms with Crippen LogP contribution in [-0.4, -0.2) is 100 Å². The summed E-state index contributed by atoms with van der Waals surface area (Å²) in [6.45, 7) is 1.04. The maximum Gasteiger partial charge on any atom is 0.407 e. The van der Waals surface area contributed by atoms with Crippen LogP contribution in [0.15, 0.2) is 66.7 Å². The highest BCUT2D eigenvalue weighted by Gasteiger charge is 2.50. The number of aliphatic hydroxyl groups is 1. The number of unbranched alkanes of at least 4 members (excludes halogenated alkanes) is 7. The van der Waals surface area contributed by atoms with Crippen LogP contribution in [0.4, 0.5) is 4.79 Å². The number of carboxylic acids is 1. The molecule has 4 aliphatic rings. The molecule has 5 N–H and O–H groups in total. The number of ether oxygens (including phenoxy) is 5. The van der Waals surface area contributed by atoms with Crippen molar-refractivity contribution in [2.24, 2.45) is 0 Å². The van der Waals surface area contributed by atoms with Gasteiger partial charge in [-0.05, 0) is 54.5 Å². The summed E-state index contributed by atoms with van der Waals surface area (Å²) in [5.41, 5.74) is 0.333. The van der Waals surface area contributed by atoms with Gasteiger partial charge in [-0.15, -0.1) is 0 Å². The van der Waals surface area contributed by atoms with Gasteiger partial charge in [0.2, 0.25) is 11.6 Å². The smallest absolute Gasteiger partial charge is 0.407 e. The molecule has 4 aromatic carbocycles. The number of aliphatic carboxylic acids is 1. The lowest BCUT2D eigenvalue weighted by atomic mass is 9.72. The molecule has 0 radical (unpaired) electrons. The summed E-state index contributed by atoms with van der Waals surface area (Å²) < 4.78 is 29.2. The average Bonchev–Trinajstić information content (AvgIpc) is 3.66. The van der Waals surface area contributed by atoms with E-state index in [0.29, 0.717) is 19.3 Å². The number of phenolic OH excluding ortho intramolecular Hbond substituents is 2. The van der Waals surface area contributed by atoms with Gasteiger partial charge in [-0.3, -0.25) is 24.0 Å². The molecule has 0 bridgehead atoms. The van der Waals surface area contributed by atoms with Gasteiger partial charge < -0.3 is 49.4 Å². The SMILES string of the molecule is COc1cccc2c1C(=O)c1c(O)c3c(c(O)c1C2=O)C[C@@](O)(C(=O)COC(=O)CCCCCCCCCCC(=O)O)C[C@@H]3O[C@H]1C[C@H](NC(=O)OCC2c3ccccc3-c3ccccc32)C[C@H](C)O1. The lowest BCUT2D eigenvalue weighted by Crippen LogP contribution is -2.49. The first-order valence-electron chi connectivity index (χ1n) is 24.1. The Bertz CT molecular complexity index is 2630. The summed E-state index contributed by atoms with van der Waals surface area (Å²) in [7, 11) is 1.33. The molecular formula is C54H59NO15. The Morgan fingerprint density at radius 2 is 1.36 bits per heavy atom. The molecule has 5 atom stereocenters. The van der Waals surface area contributed by atoms with Crippen molar-refractivity contribution in [1.29, 1.82) is 0 Å². The standard InChI is InChI=1S/C54H59NO15/c1-30-24-31(55-53(64)68-28-38-34-18-13-11-16-32(34)33-17-12-14-19-35(33)38)25-44(69-30)70-40-27-54(65,41(56)29-67-43(59)23-10-8-6-4-3-5-7-9-22-42(57)58)26-37-46(40)52(63)48-47(50(37)61)49(60)36-20-15-21-39(66-2)45(36)51(48)62/h11-21,30-31,38,40,44,61,63,65H,3-10,22-29H2,1-2H3,(H,55,64)(H,57,58)/t30-,31+,40-,44-,54-/m0/s1. The zero-order chi connectivity index (χ0) is 49.7. The number of amides is 1. The van der Waals surface area contributed by atoms with Gasteiger partial charge >= 0.3 is 18.0 Å². The van der Waals surface area contributed by atoms with Gasteiger partial charge in [0.25, 0.3) is 0 Å². The van der Waals surface area contributed by atoms with E-state index >= 15 is 0 Å². The number of hydrogen-bond acceptors (Lipinski definition) is 14. The number of esters is 1. The van der Waals surface area contributed by atoms with Crippen molar-refractivity contribution in [1.82, 2.24) is 5.32 Å². The second-order valence-electron chi connectivity index (χ2n) is 18.7. The highest BCUT2D eigenvalue weighted by Crippen LogP contribution is 2.53. The number of fused-ring (bicyclic) bond motifs is 6. The van der Waals surface area contributed by atoms with Crippen LogP contribution >= 0.6 is 0 Å². The van der Waals surface area contributed by atoms with Gasteiger partial charge in [0, 0.05) is 60.8 Å². The number of aromatic hydroxyl groups is 2. The topological polar surface area (TPSA) is 242 Å². The number of carboxylic acid groups (broad SMARTS) is 1. The summed E-state index contributed by atoms with van der Waals surface area (Å²) in [5, 5.41) is 48.0. The molecule has 1 fully saturated rings. The second-order valence-corrected chi connectivity index (χ2v) is 18.7. The van der Waals surface area contributed by atoms with Gasteiger partial charge in [-0.2, -0.15) is 0 Å². The minimum absolute atomic E-state index is 0.0323. The van der Waals surface area contributed by atoms with Gasteiger partial charge in [0.15, 0.2) is 18.7 Å². The van der Waals surface area contributed by atoms with E-state index in [2.05, 4.69) is 5.32 Å². The number of benzene rings is 4. The minimum Gasteiger partial charge on any atom is -0.507 e. The fraction of sp³-hybridized carbons (Fsp3) is 0.444. The zero-order valence-corrected chi connectivity index (χ0v) is 39.3. The van der Waals surface area contributed by atoms with Crippen LogP contribution in [0, 0.1) is 0 Å². The van der Waals surface area contributed by atoms with Crippen molar-refractivity contribution in [3.8, 4) is 28.4 Å². The third kappa shape index (κ3) is 10.4. The van der Waals surface area contributed by atoms with Crippen LogP contribution in [0.3, 0.4) is 0 Å². The van der Waals surface area contributed by atoms with Crippen LogP contribution in [-0.2, 0) is 39.8 Å².